The third kappa shape index (κ3) is 4.62. The Labute approximate surface area is 201 Å². The van der Waals surface area contributed by atoms with E-state index >= 15 is 0 Å². The van der Waals surface area contributed by atoms with E-state index in [0.29, 0.717) is 16.6 Å². The highest BCUT2D eigenvalue weighted by molar-refractivity contribution is 6.20. The fraction of sp³-hybridized carbons (Fsp3) is 0.500. The number of nitrogens with zero attached hydrogens (tertiary/aromatic N) is 2. The minimum absolute atomic E-state index is 0.111. The predicted molar refractivity (Wildman–Crippen MR) is 128 cm³/mol. The number of carbonyl (C=O) groups excluding carboxylic acids is 1. The maximum atomic E-state index is 14.0. The van der Waals surface area contributed by atoms with Crippen LogP contribution in [0.15, 0.2) is 35.1 Å². The number of H-pyrrole nitrogens is 1. The van der Waals surface area contributed by atoms with E-state index in [2.05, 4.69) is 25.9 Å². The third-order valence-electron chi connectivity index (χ3n) is 6.82. The fourth-order valence-electron chi connectivity index (χ4n) is 4.92. The zero-order valence-electron chi connectivity index (χ0n) is 19.6. The molecule has 3 heterocycles. The van der Waals surface area contributed by atoms with Crippen molar-refractivity contribution in [1.29, 1.82) is 0 Å². The fourth-order valence-corrected chi connectivity index (χ4v) is 4.92. The summed E-state index contributed by atoms with van der Waals surface area (Å²) in [6, 6.07) is 3.63. The quantitative estimate of drug-likeness (QED) is 0.513. The first-order chi connectivity index (χ1) is 16.8. The molecule has 1 aliphatic carbocycles. The number of amides is 1. The van der Waals surface area contributed by atoms with Gasteiger partial charge in [0.2, 0.25) is 0 Å². The molecule has 1 saturated heterocycles. The Morgan fingerprint density at radius 3 is 2.71 bits per heavy atom. The second-order valence-electron chi connectivity index (χ2n) is 9.24. The first-order valence-electron chi connectivity index (χ1n) is 11.8. The molecule has 11 heteroatoms. The van der Waals surface area contributed by atoms with Crippen LogP contribution in [0.1, 0.15) is 42.7 Å². The Morgan fingerprint density at radius 1 is 1.26 bits per heavy atom. The number of aromatic nitrogens is 1. The molecule has 0 bridgehead atoms. The number of alkyl halides is 3. The van der Waals surface area contributed by atoms with Gasteiger partial charge in [-0.05, 0) is 44.2 Å². The molecule has 1 saturated carbocycles. The highest BCUT2D eigenvalue weighted by Crippen LogP contribution is 2.48. The molecule has 2 unspecified atom stereocenters. The van der Waals surface area contributed by atoms with E-state index in [1.807, 2.05) is 0 Å². The zero-order valence-corrected chi connectivity index (χ0v) is 19.6. The predicted octanol–water partition coefficient (Wildman–Crippen LogP) is 3.71. The molecule has 1 amide bonds. The van der Waals surface area contributed by atoms with Crippen molar-refractivity contribution >= 4 is 28.4 Å². The molecule has 2 aliphatic heterocycles. The molecule has 188 valence electrons. The molecule has 35 heavy (non-hydrogen) atoms. The molecule has 2 fully saturated rings. The van der Waals surface area contributed by atoms with Crippen LogP contribution in [-0.2, 0) is 4.74 Å². The van der Waals surface area contributed by atoms with Gasteiger partial charge < -0.3 is 20.4 Å². The van der Waals surface area contributed by atoms with Crippen molar-refractivity contribution in [3.8, 4) is 0 Å². The summed E-state index contributed by atoms with van der Waals surface area (Å²) in [4.78, 5) is 21.3. The van der Waals surface area contributed by atoms with Crippen LogP contribution in [0.2, 0.25) is 0 Å². The van der Waals surface area contributed by atoms with Gasteiger partial charge in [0.15, 0.2) is 6.29 Å². The largest absolute Gasteiger partial charge is 0.452 e. The van der Waals surface area contributed by atoms with Crippen molar-refractivity contribution in [2.75, 3.05) is 32.1 Å². The van der Waals surface area contributed by atoms with Crippen molar-refractivity contribution in [3.05, 3.63) is 41.2 Å². The summed E-state index contributed by atoms with van der Waals surface area (Å²) >= 11 is 0. The van der Waals surface area contributed by atoms with E-state index in [1.54, 1.807) is 25.4 Å². The number of allylic oxidation sites excluding steroid dienone is 1. The zero-order chi connectivity index (χ0) is 24.7. The topological polar surface area (TPSA) is 93.8 Å². The van der Waals surface area contributed by atoms with Gasteiger partial charge in [-0.1, -0.05) is 6.07 Å². The maximum absolute atomic E-state index is 14.0. The summed E-state index contributed by atoms with van der Waals surface area (Å²) in [5.74, 6) is 0.230. The molecular formula is C24H29F3N6O2. The molecule has 1 aromatic carbocycles. The Bertz CT molecular complexity index is 1180. The smallest absolute Gasteiger partial charge is 0.419 e. The number of hydrogen-bond acceptors (Lipinski definition) is 6. The van der Waals surface area contributed by atoms with E-state index in [1.165, 1.54) is 12.0 Å². The molecule has 3 aliphatic rings. The average molecular weight is 491 g/mol. The number of methoxy groups -OCH3 is 1. The van der Waals surface area contributed by atoms with Gasteiger partial charge in [-0.2, -0.15) is 13.2 Å². The monoisotopic (exact) mass is 490 g/mol. The van der Waals surface area contributed by atoms with Crippen molar-refractivity contribution in [3.63, 3.8) is 0 Å². The maximum Gasteiger partial charge on any atom is 0.419 e. The molecule has 2 atom stereocenters. The molecular weight excluding hydrogens is 461 g/mol. The number of benzene rings is 1. The van der Waals surface area contributed by atoms with Crippen LogP contribution >= 0.6 is 0 Å². The molecule has 5 rings (SSSR count). The first kappa shape index (κ1) is 23.7. The van der Waals surface area contributed by atoms with Gasteiger partial charge in [-0.3, -0.25) is 10.2 Å². The van der Waals surface area contributed by atoms with E-state index < -0.39 is 24.1 Å². The Hall–Kier alpha value is -3.05. The van der Waals surface area contributed by atoms with Gasteiger partial charge in [0, 0.05) is 48.5 Å². The van der Waals surface area contributed by atoms with Gasteiger partial charge in [-0.25, -0.2) is 9.79 Å². The molecule has 1 aromatic heterocycles. The lowest BCUT2D eigenvalue weighted by Gasteiger charge is -2.30. The van der Waals surface area contributed by atoms with E-state index in [4.69, 9.17) is 4.74 Å². The van der Waals surface area contributed by atoms with Crippen molar-refractivity contribution in [1.82, 2.24) is 20.9 Å². The average Bonchev–Trinajstić information content (AvgIpc) is 3.60. The SMILES string of the molecule is COC(=O)N(C)c1ccc2c(C3=NC(NC4CCCNC4)NC=C3C(F)(F)F)c[nH]c2c1C1CC1. The Balaban J connectivity index is 1.56. The van der Waals surface area contributed by atoms with Crippen LogP contribution in [0.25, 0.3) is 10.9 Å². The number of aromatic amines is 1. The van der Waals surface area contributed by atoms with E-state index in [-0.39, 0.29) is 17.7 Å². The van der Waals surface area contributed by atoms with Gasteiger partial charge in [0.1, 0.15) is 0 Å². The van der Waals surface area contributed by atoms with E-state index in [0.717, 1.165) is 56.1 Å². The van der Waals surface area contributed by atoms with Gasteiger partial charge in [0.05, 0.1) is 29.6 Å². The van der Waals surface area contributed by atoms with Crippen molar-refractivity contribution in [2.45, 2.75) is 50.1 Å². The third-order valence-corrected chi connectivity index (χ3v) is 6.82. The van der Waals surface area contributed by atoms with Crippen LogP contribution < -0.4 is 20.9 Å². The standard InChI is InChI=1S/C24H29F3N6O2/c1-33(23(34)35-2)18-8-7-15-16(11-29-21(15)19(18)13-5-6-13)20-17(24(25,26)27)12-30-22(32-20)31-14-4-3-9-28-10-14/h7-8,11-14,22,28-31H,3-6,9-10H2,1-2H3. The second-order valence-corrected chi connectivity index (χ2v) is 9.24. The summed E-state index contributed by atoms with van der Waals surface area (Å²) in [5, 5.41) is 10.0. The summed E-state index contributed by atoms with van der Waals surface area (Å²) in [6.07, 6.45) is 0.687. The lowest BCUT2D eigenvalue weighted by Crippen LogP contribution is -2.52. The Morgan fingerprint density at radius 2 is 2.06 bits per heavy atom. The van der Waals surface area contributed by atoms with Gasteiger partial charge >= 0.3 is 12.3 Å². The number of nitrogens with one attached hydrogen (secondary N) is 4. The van der Waals surface area contributed by atoms with E-state index in [9.17, 15) is 18.0 Å². The molecule has 2 aromatic rings. The number of hydrogen-bond donors (Lipinski definition) is 4. The van der Waals surface area contributed by atoms with Crippen molar-refractivity contribution < 1.29 is 22.7 Å². The van der Waals surface area contributed by atoms with Crippen LogP contribution in [0.3, 0.4) is 0 Å². The van der Waals surface area contributed by atoms with Crippen molar-refractivity contribution in [2.24, 2.45) is 4.99 Å². The number of aliphatic imine (C=N–C) groups is 1. The minimum atomic E-state index is -4.57. The summed E-state index contributed by atoms with van der Waals surface area (Å²) < 4.78 is 46.9. The van der Waals surface area contributed by atoms with Gasteiger partial charge in [0.25, 0.3) is 0 Å². The number of halogens is 3. The van der Waals surface area contributed by atoms with Crippen LogP contribution in [0.5, 0.6) is 0 Å². The lowest BCUT2D eigenvalue weighted by molar-refractivity contribution is -0.0867. The van der Waals surface area contributed by atoms with Crippen LogP contribution in [0.4, 0.5) is 23.7 Å². The second kappa shape index (κ2) is 9.19. The minimum Gasteiger partial charge on any atom is -0.452 e. The molecule has 0 spiro atoms. The highest BCUT2D eigenvalue weighted by Gasteiger charge is 2.41. The van der Waals surface area contributed by atoms with Gasteiger partial charge in [-0.15, -0.1) is 0 Å². The number of fused-ring (bicyclic) bond motifs is 1. The summed E-state index contributed by atoms with van der Waals surface area (Å²) in [6.45, 7) is 1.68. The number of piperidine rings is 1. The number of carbonyl (C=O) groups is 1. The van der Waals surface area contributed by atoms with Crippen LogP contribution in [0, 0.1) is 0 Å². The lowest BCUT2D eigenvalue weighted by atomic mass is 9.97. The number of rotatable bonds is 5. The highest BCUT2D eigenvalue weighted by atomic mass is 19.4. The normalized spacial score (nSPS) is 22.9. The first-order valence-corrected chi connectivity index (χ1v) is 11.8. The molecule has 8 nitrogen and oxygen atoms in total. The number of anilines is 1. The molecule has 0 radical (unpaired) electrons. The number of ether oxygens (including phenoxy) is 1. The summed E-state index contributed by atoms with van der Waals surface area (Å²) in [7, 11) is 2.94. The Kier molecular flexibility index (Phi) is 6.22. The molecule has 4 N–H and O–H groups in total. The van der Waals surface area contributed by atoms with Crippen LogP contribution in [-0.4, -0.2) is 62.5 Å². The summed E-state index contributed by atoms with van der Waals surface area (Å²) in [5.41, 5.74) is 1.77.